The number of halogens is 1. The molecule has 2 aromatic carbocycles. The number of hydrogen-bond donors (Lipinski definition) is 2. The Morgan fingerprint density at radius 2 is 1.75 bits per heavy atom. The van der Waals surface area contributed by atoms with E-state index in [9.17, 15) is 4.79 Å². The molecule has 0 bridgehead atoms. The van der Waals surface area contributed by atoms with Gasteiger partial charge in [-0.1, -0.05) is 72.8 Å². The molecule has 180 valence electrons. The summed E-state index contributed by atoms with van der Waals surface area (Å²) in [5.41, 5.74) is 4.23. The molecule has 0 saturated heterocycles. The van der Waals surface area contributed by atoms with Gasteiger partial charge in [0.25, 0.3) is 0 Å². The summed E-state index contributed by atoms with van der Waals surface area (Å²) in [5.74, 6) is 2.40. The molecule has 5 aromatic rings. The first-order chi connectivity index (χ1) is 17.7. The van der Waals surface area contributed by atoms with Crippen molar-refractivity contribution in [3.05, 3.63) is 82.1 Å². The van der Waals surface area contributed by atoms with Gasteiger partial charge >= 0.3 is 0 Å². The molecular formula is C28H24ClN5OS. The first-order valence-electron chi connectivity index (χ1n) is 12.1. The second kappa shape index (κ2) is 9.91. The summed E-state index contributed by atoms with van der Waals surface area (Å²) in [6, 6.07) is 19.1. The van der Waals surface area contributed by atoms with Crippen LogP contribution in [0.4, 0.5) is 5.82 Å². The van der Waals surface area contributed by atoms with Gasteiger partial charge in [0.15, 0.2) is 11.2 Å². The lowest BCUT2D eigenvalue weighted by Gasteiger charge is -2.13. The number of rotatable bonds is 6. The molecule has 8 heteroatoms. The topological polar surface area (TPSA) is 83.6 Å². The second-order valence-electron chi connectivity index (χ2n) is 9.13. The molecule has 1 aliphatic carbocycles. The number of pyridine rings is 2. The van der Waals surface area contributed by atoms with E-state index >= 15 is 0 Å². The van der Waals surface area contributed by atoms with Crippen molar-refractivity contribution in [3.63, 3.8) is 0 Å². The summed E-state index contributed by atoms with van der Waals surface area (Å²) in [7, 11) is 0. The minimum Gasteiger partial charge on any atom is -0.324 e. The van der Waals surface area contributed by atoms with Gasteiger partial charge in [-0.2, -0.15) is 0 Å². The quantitative estimate of drug-likeness (QED) is 0.235. The van der Waals surface area contributed by atoms with Crippen LogP contribution in [0.2, 0.25) is 5.02 Å². The van der Waals surface area contributed by atoms with E-state index in [0.29, 0.717) is 33.4 Å². The smallest absolute Gasteiger partial charge is 0.211 e. The van der Waals surface area contributed by atoms with Gasteiger partial charge in [0.1, 0.15) is 5.82 Å². The minimum absolute atomic E-state index is 0.186. The SMILES string of the molecule is O=c1cc(NSCC2CCCC2)[nH]c2nc(-c3ccccc3)c(-c3cc(Cl)c4ncccc4c3)nc12. The molecule has 2 N–H and O–H groups in total. The van der Waals surface area contributed by atoms with Crippen LogP contribution in [0.15, 0.2) is 71.7 Å². The maximum absolute atomic E-state index is 13.1. The Kier molecular flexibility index (Phi) is 6.34. The lowest BCUT2D eigenvalue weighted by molar-refractivity contribution is 0.623. The van der Waals surface area contributed by atoms with Crippen molar-refractivity contribution in [2.45, 2.75) is 25.7 Å². The van der Waals surface area contributed by atoms with Gasteiger partial charge in [-0.15, -0.1) is 0 Å². The standard InChI is InChI=1S/C28H24ClN5OS/c29-21-14-20(13-19-11-6-12-30-24(19)21)26-25(18-9-2-1-3-10-18)33-28-27(32-26)22(35)15-23(31-28)34-36-16-17-7-4-5-8-17/h1-3,6,9-15,17H,4-5,7-8,16H2,(H2,31,33,34,35). The van der Waals surface area contributed by atoms with E-state index in [1.165, 1.54) is 25.7 Å². The zero-order valence-electron chi connectivity index (χ0n) is 19.5. The summed E-state index contributed by atoms with van der Waals surface area (Å²) in [6.45, 7) is 0. The van der Waals surface area contributed by atoms with E-state index in [1.54, 1.807) is 24.2 Å². The molecule has 36 heavy (non-hydrogen) atoms. The molecule has 0 unspecified atom stereocenters. The molecule has 0 spiro atoms. The predicted octanol–water partition coefficient (Wildman–Crippen LogP) is 7.10. The summed E-state index contributed by atoms with van der Waals surface area (Å²) in [4.78, 5) is 30.5. The van der Waals surface area contributed by atoms with E-state index in [-0.39, 0.29) is 5.43 Å². The van der Waals surface area contributed by atoms with E-state index < -0.39 is 0 Å². The van der Waals surface area contributed by atoms with Crippen molar-refractivity contribution >= 4 is 51.4 Å². The average molecular weight is 514 g/mol. The normalized spacial score (nSPS) is 14.0. The fourth-order valence-electron chi connectivity index (χ4n) is 4.81. The third-order valence-corrected chi connectivity index (χ3v) is 7.90. The number of benzene rings is 2. The van der Waals surface area contributed by atoms with E-state index in [0.717, 1.165) is 33.7 Å². The van der Waals surface area contributed by atoms with Gasteiger partial charge in [0.05, 0.1) is 21.9 Å². The van der Waals surface area contributed by atoms with Gasteiger partial charge in [0, 0.05) is 34.5 Å². The Morgan fingerprint density at radius 3 is 2.58 bits per heavy atom. The van der Waals surface area contributed by atoms with Crippen LogP contribution in [0, 0.1) is 5.92 Å². The van der Waals surface area contributed by atoms with Crippen LogP contribution in [0.3, 0.4) is 0 Å². The van der Waals surface area contributed by atoms with Crippen LogP contribution in [0.1, 0.15) is 25.7 Å². The number of aromatic amines is 1. The third kappa shape index (κ3) is 4.56. The summed E-state index contributed by atoms with van der Waals surface area (Å²) in [5, 5.41) is 1.42. The molecule has 3 aromatic heterocycles. The van der Waals surface area contributed by atoms with Gasteiger partial charge in [-0.25, -0.2) is 9.97 Å². The molecule has 6 rings (SSSR count). The number of aromatic nitrogens is 4. The molecular weight excluding hydrogens is 490 g/mol. The van der Waals surface area contributed by atoms with Crippen molar-refractivity contribution in [2.75, 3.05) is 10.5 Å². The van der Waals surface area contributed by atoms with Crippen LogP contribution in [0.25, 0.3) is 44.6 Å². The molecule has 0 amide bonds. The average Bonchev–Trinajstić information content (AvgIpc) is 3.42. The first kappa shape index (κ1) is 23.0. The monoisotopic (exact) mass is 513 g/mol. The number of nitrogens with one attached hydrogen (secondary N) is 2. The van der Waals surface area contributed by atoms with Crippen LogP contribution >= 0.6 is 23.5 Å². The highest BCUT2D eigenvalue weighted by atomic mass is 35.5. The Labute approximate surface area is 217 Å². The molecule has 0 radical (unpaired) electrons. The number of fused-ring (bicyclic) bond motifs is 2. The number of H-pyrrole nitrogens is 1. The fraction of sp³-hybridized carbons (Fsp3) is 0.214. The van der Waals surface area contributed by atoms with Crippen LogP contribution in [-0.2, 0) is 0 Å². The molecule has 1 aliphatic rings. The van der Waals surface area contributed by atoms with Crippen molar-refractivity contribution < 1.29 is 0 Å². The van der Waals surface area contributed by atoms with Gasteiger partial charge in [-0.3, -0.25) is 9.78 Å². The Hall–Kier alpha value is -3.42. The molecule has 1 fully saturated rings. The highest BCUT2D eigenvalue weighted by Gasteiger charge is 2.18. The summed E-state index contributed by atoms with van der Waals surface area (Å²) >= 11 is 8.22. The lowest BCUT2D eigenvalue weighted by atomic mass is 10.0. The van der Waals surface area contributed by atoms with Crippen molar-refractivity contribution in [3.8, 4) is 22.5 Å². The molecule has 3 heterocycles. The highest BCUT2D eigenvalue weighted by Crippen LogP contribution is 2.34. The number of hydrogen-bond acceptors (Lipinski definition) is 6. The number of nitrogens with zero attached hydrogens (tertiary/aromatic N) is 3. The highest BCUT2D eigenvalue weighted by molar-refractivity contribution is 8.00. The molecule has 0 atom stereocenters. The third-order valence-electron chi connectivity index (χ3n) is 6.61. The summed E-state index contributed by atoms with van der Waals surface area (Å²) in [6.07, 6.45) is 6.92. The zero-order chi connectivity index (χ0) is 24.5. The molecule has 0 aliphatic heterocycles. The Morgan fingerprint density at radius 1 is 0.944 bits per heavy atom. The van der Waals surface area contributed by atoms with E-state index in [4.69, 9.17) is 21.6 Å². The predicted molar refractivity (Wildman–Crippen MR) is 149 cm³/mol. The summed E-state index contributed by atoms with van der Waals surface area (Å²) < 4.78 is 3.31. The van der Waals surface area contributed by atoms with Crippen molar-refractivity contribution in [1.29, 1.82) is 0 Å². The van der Waals surface area contributed by atoms with Crippen LogP contribution in [-0.4, -0.2) is 25.7 Å². The Balaban J connectivity index is 1.46. The lowest BCUT2D eigenvalue weighted by Crippen LogP contribution is -2.10. The molecule has 6 nitrogen and oxygen atoms in total. The van der Waals surface area contributed by atoms with Gasteiger partial charge in [0.2, 0.25) is 5.43 Å². The minimum atomic E-state index is -0.186. The molecule has 1 saturated carbocycles. The van der Waals surface area contributed by atoms with Gasteiger partial charge < -0.3 is 9.71 Å². The van der Waals surface area contributed by atoms with Crippen LogP contribution < -0.4 is 10.2 Å². The largest absolute Gasteiger partial charge is 0.324 e. The van der Waals surface area contributed by atoms with Gasteiger partial charge in [-0.05, 0) is 37.0 Å². The van der Waals surface area contributed by atoms with E-state index in [2.05, 4.69) is 14.7 Å². The van der Waals surface area contributed by atoms with Crippen molar-refractivity contribution in [2.24, 2.45) is 5.92 Å². The van der Waals surface area contributed by atoms with E-state index in [1.807, 2.05) is 54.6 Å². The fourth-order valence-corrected chi connectivity index (χ4v) is 6.00. The maximum Gasteiger partial charge on any atom is 0.211 e. The van der Waals surface area contributed by atoms with Crippen LogP contribution in [0.5, 0.6) is 0 Å². The zero-order valence-corrected chi connectivity index (χ0v) is 21.1. The second-order valence-corrected chi connectivity index (χ2v) is 10.4. The van der Waals surface area contributed by atoms with Crippen molar-refractivity contribution in [1.82, 2.24) is 19.9 Å². The maximum atomic E-state index is 13.1. The Bertz CT molecular complexity index is 1620. The first-order valence-corrected chi connectivity index (χ1v) is 13.4. The number of anilines is 1.